The normalized spacial score (nSPS) is 10.1. The monoisotopic (exact) mass is 276 g/mol. The SMILES string of the molecule is CC(=O)Oc1c(C)cccc1Oc1ccccc1Cl. The van der Waals surface area contributed by atoms with Crippen molar-refractivity contribution < 1.29 is 14.3 Å². The molecule has 98 valence electrons. The number of para-hydroxylation sites is 2. The lowest BCUT2D eigenvalue weighted by atomic mass is 10.2. The van der Waals surface area contributed by atoms with Crippen molar-refractivity contribution in [2.45, 2.75) is 13.8 Å². The fraction of sp³-hybridized carbons (Fsp3) is 0.133. The average molecular weight is 277 g/mol. The molecule has 0 aliphatic rings. The van der Waals surface area contributed by atoms with Gasteiger partial charge in [-0.1, -0.05) is 35.9 Å². The van der Waals surface area contributed by atoms with Crippen LogP contribution in [0.2, 0.25) is 5.02 Å². The van der Waals surface area contributed by atoms with Crippen molar-refractivity contribution in [1.82, 2.24) is 0 Å². The topological polar surface area (TPSA) is 35.5 Å². The minimum Gasteiger partial charge on any atom is -0.452 e. The van der Waals surface area contributed by atoms with Gasteiger partial charge in [0.05, 0.1) is 5.02 Å². The minimum absolute atomic E-state index is 0.390. The molecule has 0 saturated heterocycles. The van der Waals surface area contributed by atoms with Gasteiger partial charge < -0.3 is 9.47 Å². The molecule has 0 bridgehead atoms. The Morgan fingerprint density at radius 2 is 1.74 bits per heavy atom. The van der Waals surface area contributed by atoms with Crippen LogP contribution in [0.1, 0.15) is 12.5 Å². The highest BCUT2D eigenvalue weighted by molar-refractivity contribution is 6.32. The van der Waals surface area contributed by atoms with Gasteiger partial charge in [0, 0.05) is 6.92 Å². The van der Waals surface area contributed by atoms with Gasteiger partial charge in [-0.05, 0) is 30.7 Å². The molecule has 0 unspecified atom stereocenters. The van der Waals surface area contributed by atoms with E-state index < -0.39 is 5.97 Å². The van der Waals surface area contributed by atoms with Gasteiger partial charge in [0.15, 0.2) is 11.5 Å². The van der Waals surface area contributed by atoms with Gasteiger partial charge in [-0.25, -0.2) is 0 Å². The summed E-state index contributed by atoms with van der Waals surface area (Å²) in [6, 6.07) is 12.5. The molecule has 19 heavy (non-hydrogen) atoms. The molecule has 2 rings (SSSR count). The molecule has 0 N–H and O–H groups in total. The number of esters is 1. The molecule has 0 spiro atoms. The summed E-state index contributed by atoms with van der Waals surface area (Å²) in [5.74, 6) is 1.000. The highest BCUT2D eigenvalue weighted by Crippen LogP contribution is 2.36. The van der Waals surface area contributed by atoms with Crippen LogP contribution in [0.25, 0.3) is 0 Å². The summed E-state index contributed by atoms with van der Waals surface area (Å²) in [4.78, 5) is 11.1. The summed E-state index contributed by atoms with van der Waals surface area (Å²) in [6.07, 6.45) is 0. The molecule has 0 aromatic heterocycles. The Morgan fingerprint density at radius 1 is 1.05 bits per heavy atom. The highest BCUT2D eigenvalue weighted by Gasteiger charge is 2.12. The van der Waals surface area contributed by atoms with Crippen LogP contribution in [0.5, 0.6) is 17.2 Å². The number of benzene rings is 2. The Morgan fingerprint density at radius 3 is 2.42 bits per heavy atom. The van der Waals surface area contributed by atoms with Crippen LogP contribution in [0.4, 0.5) is 0 Å². The molecule has 3 nitrogen and oxygen atoms in total. The van der Waals surface area contributed by atoms with Gasteiger partial charge in [0.1, 0.15) is 5.75 Å². The molecule has 2 aromatic carbocycles. The first-order valence-electron chi connectivity index (χ1n) is 5.78. The van der Waals surface area contributed by atoms with Crippen molar-refractivity contribution in [3.63, 3.8) is 0 Å². The van der Waals surface area contributed by atoms with E-state index in [-0.39, 0.29) is 0 Å². The van der Waals surface area contributed by atoms with Crippen molar-refractivity contribution >= 4 is 17.6 Å². The minimum atomic E-state index is -0.390. The maximum atomic E-state index is 11.1. The van der Waals surface area contributed by atoms with Crippen molar-refractivity contribution in [2.75, 3.05) is 0 Å². The molecular formula is C15H13ClO3. The molecule has 0 aliphatic heterocycles. The second-order valence-corrected chi connectivity index (χ2v) is 4.44. The van der Waals surface area contributed by atoms with E-state index in [2.05, 4.69) is 0 Å². The molecule has 2 aromatic rings. The van der Waals surface area contributed by atoms with E-state index >= 15 is 0 Å². The maximum absolute atomic E-state index is 11.1. The summed E-state index contributed by atoms with van der Waals surface area (Å²) >= 11 is 6.04. The average Bonchev–Trinajstić information content (AvgIpc) is 2.36. The van der Waals surface area contributed by atoms with E-state index in [4.69, 9.17) is 21.1 Å². The van der Waals surface area contributed by atoms with Gasteiger partial charge in [-0.2, -0.15) is 0 Å². The van der Waals surface area contributed by atoms with Crippen LogP contribution in [0, 0.1) is 6.92 Å². The second kappa shape index (κ2) is 5.76. The number of ether oxygens (including phenoxy) is 2. The van der Waals surface area contributed by atoms with Crippen LogP contribution >= 0.6 is 11.6 Å². The zero-order valence-electron chi connectivity index (χ0n) is 10.6. The third kappa shape index (κ3) is 3.26. The molecule has 0 radical (unpaired) electrons. The van der Waals surface area contributed by atoms with Gasteiger partial charge in [-0.15, -0.1) is 0 Å². The number of hydrogen-bond acceptors (Lipinski definition) is 3. The van der Waals surface area contributed by atoms with E-state index in [1.54, 1.807) is 18.2 Å². The largest absolute Gasteiger partial charge is 0.452 e. The predicted octanol–water partition coefficient (Wildman–Crippen LogP) is 4.37. The third-order valence-electron chi connectivity index (χ3n) is 2.48. The van der Waals surface area contributed by atoms with E-state index in [0.29, 0.717) is 22.3 Å². The molecule has 0 heterocycles. The molecule has 0 atom stereocenters. The zero-order chi connectivity index (χ0) is 13.8. The van der Waals surface area contributed by atoms with Crippen LogP contribution < -0.4 is 9.47 Å². The molecule has 0 amide bonds. The van der Waals surface area contributed by atoms with Crippen molar-refractivity contribution in [3.8, 4) is 17.2 Å². The molecule has 0 saturated carbocycles. The maximum Gasteiger partial charge on any atom is 0.308 e. The molecular weight excluding hydrogens is 264 g/mol. The lowest BCUT2D eigenvalue weighted by Crippen LogP contribution is -2.04. The first-order valence-corrected chi connectivity index (χ1v) is 6.16. The predicted molar refractivity (Wildman–Crippen MR) is 74.0 cm³/mol. The van der Waals surface area contributed by atoms with Gasteiger partial charge in [-0.3, -0.25) is 4.79 Å². The van der Waals surface area contributed by atoms with Crippen molar-refractivity contribution in [3.05, 3.63) is 53.1 Å². The first-order chi connectivity index (χ1) is 9.08. The Hall–Kier alpha value is -2.00. The lowest BCUT2D eigenvalue weighted by molar-refractivity contribution is -0.132. The molecule has 4 heteroatoms. The fourth-order valence-corrected chi connectivity index (χ4v) is 1.80. The number of halogens is 1. The summed E-state index contributed by atoms with van der Waals surface area (Å²) in [5.41, 5.74) is 0.819. The van der Waals surface area contributed by atoms with Crippen LogP contribution in [-0.4, -0.2) is 5.97 Å². The second-order valence-electron chi connectivity index (χ2n) is 4.03. The number of hydrogen-bond donors (Lipinski definition) is 0. The summed E-state index contributed by atoms with van der Waals surface area (Å²) in [7, 11) is 0. The summed E-state index contributed by atoms with van der Waals surface area (Å²) in [6.45, 7) is 3.20. The van der Waals surface area contributed by atoms with E-state index in [1.165, 1.54) is 6.92 Å². The van der Waals surface area contributed by atoms with E-state index in [9.17, 15) is 4.79 Å². The van der Waals surface area contributed by atoms with Crippen molar-refractivity contribution in [2.24, 2.45) is 0 Å². The van der Waals surface area contributed by atoms with Gasteiger partial charge >= 0.3 is 5.97 Å². The number of aryl methyl sites for hydroxylation is 1. The quantitative estimate of drug-likeness (QED) is 0.617. The van der Waals surface area contributed by atoms with E-state index in [1.807, 2.05) is 31.2 Å². The summed E-state index contributed by atoms with van der Waals surface area (Å²) in [5, 5.41) is 0.498. The number of carbonyl (C=O) groups is 1. The van der Waals surface area contributed by atoms with Crippen LogP contribution in [-0.2, 0) is 4.79 Å². The lowest BCUT2D eigenvalue weighted by Gasteiger charge is -2.13. The zero-order valence-corrected chi connectivity index (χ0v) is 11.4. The van der Waals surface area contributed by atoms with Crippen LogP contribution in [0.3, 0.4) is 0 Å². The Labute approximate surface area is 116 Å². The van der Waals surface area contributed by atoms with Crippen LogP contribution in [0.15, 0.2) is 42.5 Å². The van der Waals surface area contributed by atoms with Gasteiger partial charge in [0.25, 0.3) is 0 Å². The van der Waals surface area contributed by atoms with Gasteiger partial charge in [0.2, 0.25) is 0 Å². The van der Waals surface area contributed by atoms with Crippen molar-refractivity contribution in [1.29, 1.82) is 0 Å². The standard InChI is InChI=1S/C15H13ClO3/c1-10-6-5-9-14(15(10)18-11(2)17)19-13-8-4-3-7-12(13)16/h3-9H,1-2H3. The Balaban J connectivity index is 2.37. The van der Waals surface area contributed by atoms with E-state index in [0.717, 1.165) is 5.56 Å². The first kappa shape index (κ1) is 13.4. The Bertz CT molecular complexity index is 608. The number of rotatable bonds is 3. The third-order valence-corrected chi connectivity index (χ3v) is 2.79. The molecule has 0 fully saturated rings. The number of carbonyl (C=O) groups excluding carboxylic acids is 1. The fourth-order valence-electron chi connectivity index (χ4n) is 1.63. The summed E-state index contributed by atoms with van der Waals surface area (Å²) < 4.78 is 10.9. The highest BCUT2D eigenvalue weighted by atomic mass is 35.5. The Kier molecular flexibility index (Phi) is 4.07. The smallest absolute Gasteiger partial charge is 0.308 e. The molecule has 0 aliphatic carbocycles.